The molecule has 0 radical (unpaired) electrons. The fourth-order valence-electron chi connectivity index (χ4n) is 3.60. The summed E-state index contributed by atoms with van der Waals surface area (Å²) >= 11 is 10.0. The van der Waals surface area contributed by atoms with E-state index < -0.39 is 0 Å². The van der Waals surface area contributed by atoms with E-state index >= 15 is 0 Å². The Morgan fingerprint density at radius 1 is 1.22 bits per heavy atom. The van der Waals surface area contributed by atoms with Gasteiger partial charge in [0, 0.05) is 4.88 Å². The number of methoxy groups -OCH3 is 1. The third kappa shape index (κ3) is 4.24. The summed E-state index contributed by atoms with van der Waals surface area (Å²) in [7, 11) is 1.61. The second-order valence-electron chi connectivity index (χ2n) is 7.17. The number of Topliss-reactive ketones (excluding diaryl/α,β-unsaturated/α-hetero) is 1. The van der Waals surface area contributed by atoms with Crippen LogP contribution in [0.15, 0.2) is 40.3 Å². The van der Waals surface area contributed by atoms with Crippen molar-refractivity contribution in [3.63, 3.8) is 0 Å². The van der Waals surface area contributed by atoms with Crippen molar-refractivity contribution in [1.82, 2.24) is 9.55 Å². The van der Waals surface area contributed by atoms with Crippen LogP contribution < -0.4 is 10.3 Å². The smallest absolute Gasteiger partial charge is 0.267 e. The van der Waals surface area contributed by atoms with Gasteiger partial charge in [0.15, 0.2) is 10.9 Å². The van der Waals surface area contributed by atoms with Crippen molar-refractivity contribution >= 4 is 62.0 Å². The minimum atomic E-state index is -0.112. The number of fused-ring (bicyclic) bond motifs is 1. The molecule has 4 rings (SSSR count). The molecule has 3 aromatic heterocycles. The van der Waals surface area contributed by atoms with Crippen LogP contribution in [-0.2, 0) is 6.42 Å². The third-order valence-electron chi connectivity index (χ3n) is 5.17. The van der Waals surface area contributed by atoms with Crippen molar-refractivity contribution in [1.29, 1.82) is 0 Å². The highest BCUT2D eigenvalue weighted by Crippen LogP contribution is 2.32. The molecular weight excluding hydrogens is 484 g/mol. The Hall–Kier alpha value is -2.13. The average Bonchev–Trinajstić information content (AvgIpc) is 3.34. The molecule has 166 valence electrons. The number of carbonyl (C=O) groups excluding carboxylic acids is 1. The predicted octanol–water partition coefficient (Wildman–Crippen LogP) is 6.32. The number of aryl methyl sites for hydroxylation is 3. The minimum absolute atomic E-state index is 0.0455. The van der Waals surface area contributed by atoms with E-state index in [0.29, 0.717) is 30.3 Å². The zero-order chi connectivity index (χ0) is 23.0. The first kappa shape index (κ1) is 23.0. The summed E-state index contributed by atoms with van der Waals surface area (Å²) in [4.78, 5) is 33.7. The summed E-state index contributed by atoms with van der Waals surface area (Å²) in [5, 5.41) is 1.15. The molecule has 0 unspecified atom stereocenters. The molecule has 0 bridgehead atoms. The van der Waals surface area contributed by atoms with E-state index in [1.807, 2.05) is 39.0 Å². The predicted molar refractivity (Wildman–Crippen MR) is 135 cm³/mol. The van der Waals surface area contributed by atoms with Crippen LogP contribution in [0.2, 0.25) is 4.34 Å². The van der Waals surface area contributed by atoms with Gasteiger partial charge in [0.1, 0.15) is 10.6 Å². The number of aromatic nitrogens is 2. The number of hydrogen-bond acceptors (Lipinski definition) is 7. The van der Waals surface area contributed by atoms with E-state index in [9.17, 15) is 9.59 Å². The fraction of sp³-hybridized carbons (Fsp3) is 0.261. The van der Waals surface area contributed by atoms with Crippen LogP contribution in [0.1, 0.15) is 32.6 Å². The molecule has 0 fully saturated rings. The second-order valence-corrected chi connectivity index (χ2v) is 11.0. The number of carbonyl (C=O) groups is 1. The monoisotopic (exact) mass is 504 g/mol. The Bertz CT molecular complexity index is 1390. The average molecular weight is 505 g/mol. The van der Waals surface area contributed by atoms with Crippen LogP contribution in [0, 0.1) is 13.8 Å². The molecule has 0 saturated carbocycles. The first-order valence-corrected chi connectivity index (χ1v) is 12.9. The molecule has 4 aromatic rings. The lowest BCUT2D eigenvalue weighted by molar-refractivity contribution is 0.102. The first-order chi connectivity index (χ1) is 15.3. The molecular formula is C23H21ClN2O3S3. The van der Waals surface area contributed by atoms with Gasteiger partial charge in [-0.2, -0.15) is 0 Å². The van der Waals surface area contributed by atoms with Gasteiger partial charge in [-0.1, -0.05) is 30.3 Å². The van der Waals surface area contributed by atoms with Gasteiger partial charge < -0.3 is 4.74 Å². The van der Waals surface area contributed by atoms with Crippen molar-refractivity contribution in [2.45, 2.75) is 32.3 Å². The van der Waals surface area contributed by atoms with E-state index in [-0.39, 0.29) is 17.1 Å². The first-order valence-electron chi connectivity index (χ1n) is 9.95. The number of thioether (sulfide) groups is 1. The zero-order valence-corrected chi connectivity index (χ0v) is 21.2. The van der Waals surface area contributed by atoms with Gasteiger partial charge in [-0.15, -0.1) is 22.7 Å². The fourth-order valence-corrected chi connectivity index (χ4v) is 6.72. The quantitative estimate of drug-likeness (QED) is 0.167. The summed E-state index contributed by atoms with van der Waals surface area (Å²) in [6.07, 6.45) is 0.758. The van der Waals surface area contributed by atoms with Crippen molar-refractivity contribution in [3.8, 4) is 11.4 Å². The summed E-state index contributed by atoms with van der Waals surface area (Å²) in [5.74, 6) is 0.832. The summed E-state index contributed by atoms with van der Waals surface area (Å²) in [5.41, 5.74) is 2.53. The molecule has 32 heavy (non-hydrogen) atoms. The third-order valence-corrected chi connectivity index (χ3v) is 8.43. The van der Waals surface area contributed by atoms with E-state index in [2.05, 4.69) is 0 Å². The van der Waals surface area contributed by atoms with E-state index in [1.54, 1.807) is 23.8 Å². The van der Waals surface area contributed by atoms with Gasteiger partial charge in [-0.05, 0) is 61.7 Å². The molecule has 0 aliphatic rings. The molecule has 1 aromatic carbocycles. The lowest BCUT2D eigenvalue weighted by Crippen LogP contribution is -2.23. The lowest BCUT2D eigenvalue weighted by atomic mass is 10.1. The van der Waals surface area contributed by atoms with Crippen molar-refractivity contribution in [2.24, 2.45) is 0 Å². The number of halogens is 1. The largest absolute Gasteiger partial charge is 0.497 e. The number of rotatable bonds is 7. The lowest BCUT2D eigenvalue weighted by Gasteiger charge is -2.15. The van der Waals surface area contributed by atoms with Crippen molar-refractivity contribution in [2.75, 3.05) is 12.9 Å². The highest BCUT2D eigenvalue weighted by atomic mass is 35.5. The molecule has 9 heteroatoms. The number of ketones is 1. The maximum atomic E-state index is 13.8. The van der Waals surface area contributed by atoms with E-state index in [1.165, 1.54) is 34.4 Å². The second kappa shape index (κ2) is 9.39. The Morgan fingerprint density at radius 2 is 2.00 bits per heavy atom. The van der Waals surface area contributed by atoms with Crippen LogP contribution in [0.5, 0.6) is 5.75 Å². The van der Waals surface area contributed by atoms with Crippen LogP contribution in [0.25, 0.3) is 15.9 Å². The van der Waals surface area contributed by atoms with Crippen LogP contribution in [0.4, 0.5) is 0 Å². The molecule has 0 amide bonds. The van der Waals surface area contributed by atoms with E-state index in [4.69, 9.17) is 21.3 Å². The summed E-state index contributed by atoms with van der Waals surface area (Å²) in [6.45, 7) is 6.00. The van der Waals surface area contributed by atoms with Gasteiger partial charge in [0.25, 0.3) is 5.56 Å². The Kier molecular flexibility index (Phi) is 6.76. The van der Waals surface area contributed by atoms with Crippen LogP contribution in [0.3, 0.4) is 0 Å². The summed E-state index contributed by atoms with van der Waals surface area (Å²) < 4.78 is 7.53. The molecule has 0 saturated heterocycles. The molecule has 0 aliphatic carbocycles. The Balaban J connectivity index is 1.86. The SMILES string of the molecule is CCc1c(C)sc2nc(SCC(=O)c3ccc(Cl)s3)n(-c3ccc(OC)cc3C)c(=O)c12. The van der Waals surface area contributed by atoms with Crippen molar-refractivity contribution in [3.05, 3.63) is 65.9 Å². The standard InChI is InChI=1S/C23H21ClN2O3S3/c1-5-15-13(3)31-21-20(15)22(28)26(16-7-6-14(29-4)10-12(16)2)23(25-21)30-11-17(27)18-8-9-19(24)32-18/h6-10H,5,11H2,1-4H3. The van der Waals surface area contributed by atoms with E-state index in [0.717, 1.165) is 28.1 Å². The minimum Gasteiger partial charge on any atom is -0.497 e. The van der Waals surface area contributed by atoms with Gasteiger partial charge in [0.2, 0.25) is 0 Å². The van der Waals surface area contributed by atoms with Crippen molar-refractivity contribution < 1.29 is 9.53 Å². The Labute approximate surface area is 203 Å². The van der Waals surface area contributed by atoms with Crippen LogP contribution in [-0.4, -0.2) is 28.2 Å². The van der Waals surface area contributed by atoms with Gasteiger partial charge >= 0.3 is 0 Å². The molecule has 0 spiro atoms. The maximum Gasteiger partial charge on any atom is 0.267 e. The summed E-state index contributed by atoms with van der Waals surface area (Å²) in [6, 6.07) is 9.01. The number of thiophene rings is 2. The molecule has 0 aliphatic heterocycles. The zero-order valence-electron chi connectivity index (χ0n) is 18.0. The van der Waals surface area contributed by atoms with Gasteiger partial charge in [0.05, 0.1) is 33.1 Å². The highest BCUT2D eigenvalue weighted by Gasteiger charge is 2.21. The highest BCUT2D eigenvalue weighted by molar-refractivity contribution is 7.99. The maximum absolute atomic E-state index is 13.8. The topological polar surface area (TPSA) is 61.2 Å². The molecule has 0 N–H and O–H groups in total. The molecule has 5 nitrogen and oxygen atoms in total. The molecule has 3 heterocycles. The normalized spacial score (nSPS) is 11.3. The number of ether oxygens (including phenoxy) is 1. The number of hydrogen-bond donors (Lipinski definition) is 0. The number of benzene rings is 1. The Morgan fingerprint density at radius 3 is 2.62 bits per heavy atom. The van der Waals surface area contributed by atoms with Gasteiger partial charge in [-0.25, -0.2) is 4.98 Å². The molecule has 0 atom stereocenters. The number of nitrogens with zero attached hydrogens (tertiary/aromatic N) is 2. The van der Waals surface area contributed by atoms with Crippen LogP contribution >= 0.6 is 46.0 Å². The van der Waals surface area contributed by atoms with Gasteiger partial charge in [-0.3, -0.25) is 14.2 Å².